The minimum Gasteiger partial charge on any atom is -0.377 e. The van der Waals surface area contributed by atoms with Gasteiger partial charge in [-0.3, -0.25) is 0 Å². The van der Waals surface area contributed by atoms with Crippen molar-refractivity contribution in [3.05, 3.63) is 9.52 Å². The highest BCUT2D eigenvalue weighted by atomic mass is 35.5. The monoisotopic (exact) mass is 226 g/mol. The van der Waals surface area contributed by atoms with Crippen molar-refractivity contribution < 1.29 is 4.74 Å². The number of rotatable bonds is 1. The lowest BCUT2D eigenvalue weighted by atomic mass is 10.2. The number of hydrogen-bond acceptors (Lipinski definition) is 1. The number of halogens is 3. The number of fused-ring (bicyclic) bond motifs is 1. The van der Waals surface area contributed by atoms with Crippen LogP contribution in [0.15, 0.2) is 9.52 Å². The van der Waals surface area contributed by atoms with Crippen LogP contribution in [0.4, 0.5) is 0 Å². The Kier molecular flexibility index (Phi) is 2.57. The van der Waals surface area contributed by atoms with Gasteiger partial charge in [0.2, 0.25) is 0 Å². The first-order valence-corrected chi connectivity index (χ1v) is 5.17. The van der Waals surface area contributed by atoms with E-state index in [2.05, 4.69) is 0 Å². The third-order valence-corrected chi connectivity index (χ3v) is 3.60. The Hall–Kier alpha value is 0.570. The average molecular weight is 228 g/mol. The summed E-state index contributed by atoms with van der Waals surface area (Å²) in [5.41, 5.74) is 0. The molecule has 0 amide bonds. The van der Waals surface area contributed by atoms with Crippen molar-refractivity contribution in [1.82, 2.24) is 0 Å². The quantitative estimate of drug-likeness (QED) is 0.668. The van der Waals surface area contributed by atoms with Gasteiger partial charge in [-0.15, -0.1) is 0 Å². The van der Waals surface area contributed by atoms with Crippen LogP contribution in [0.1, 0.15) is 12.8 Å². The van der Waals surface area contributed by atoms with E-state index in [4.69, 9.17) is 39.5 Å². The van der Waals surface area contributed by atoms with Gasteiger partial charge >= 0.3 is 0 Å². The summed E-state index contributed by atoms with van der Waals surface area (Å²) in [4.78, 5) is 0. The third-order valence-electron chi connectivity index (χ3n) is 2.56. The number of ether oxygens (including phenoxy) is 1. The summed E-state index contributed by atoms with van der Waals surface area (Å²) in [5, 5.41) is 0.579. The van der Waals surface area contributed by atoms with Crippen molar-refractivity contribution in [2.75, 3.05) is 6.61 Å². The maximum Gasteiger partial charge on any atom is 0.121 e. The fraction of sp³-hybridized carbons (Fsp3) is 0.750. The number of hydrogen-bond donors (Lipinski definition) is 0. The molecule has 0 spiro atoms. The molecule has 1 aliphatic carbocycles. The summed E-state index contributed by atoms with van der Waals surface area (Å²) in [6.07, 6.45) is 2.60. The molecule has 2 fully saturated rings. The summed E-state index contributed by atoms with van der Waals surface area (Å²) >= 11 is 17.1. The van der Waals surface area contributed by atoms with Crippen LogP contribution in [0.3, 0.4) is 0 Å². The zero-order valence-corrected chi connectivity index (χ0v) is 8.66. The van der Waals surface area contributed by atoms with Gasteiger partial charge < -0.3 is 4.74 Å². The van der Waals surface area contributed by atoms with Gasteiger partial charge in [0.05, 0.1) is 11.1 Å². The van der Waals surface area contributed by atoms with Gasteiger partial charge in [0, 0.05) is 12.5 Å². The van der Waals surface area contributed by atoms with E-state index >= 15 is 0 Å². The third kappa shape index (κ3) is 1.48. The van der Waals surface area contributed by atoms with Crippen LogP contribution < -0.4 is 0 Å². The molecule has 0 bridgehead atoms. The highest BCUT2D eigenvalue weighted by Gasteiger charge is 2.54. The van der Waals surface area contributed by atoms with E-state index in [1.54, 1.807) is 0 Å². The molecule has 0 unspecified atom stereocenters. The smallest absolute Gasteiger partial charge is 0.121 e. The van der Waals surface area contributed by atoms with Gasteiger partial charge in [-0.1, -0.05) is 34.8 Å². The molecular weight excluding hydrogens is 218 g/mol. The second-order valence-electron chi connectivity index (χ2n) is 3.28. The van der Waals surface area contributed by atoms with E-state index in [1.807, 2.05) is 0 Å². The Labute approximate surface area is 86.6 Å². The highest BCUT2D eigenvalue weighted by molar-refractivity contribution is 6.59. The Bertz CT molecular complexity index is 210. The van der Waals surface area contributed by atoms with Crippen molar-refractivity contribution in [1.29, 1.82) is 0 Å². The first-order valence-electron chi connectivity index (χ1n) is 4.04. The Morgan fingerprint density at radius 2 is 2.00 bits per heavy atom. The summed E-state index contributed by atoms with van der Waals surface area (Å²) in [7, 11) is 0. The lowest BCUT2D eigenvalue weighted by molar-refractivity contribution is 0.0770. The first-order chi connectivity index (χ1) is 5.72. The van der Waals surface area contributed by atoms with E-state index in [0.29, 0.717) is 17.1 Å². The van der Waals surface area contributed by atoms with Crippen LogP contribution in [0.2, 0.25) is 0 Å². The zero-order valence-electron chi connectivity index (χ0n) is 6.40. The largest absolute Gasteiger partial charge is 0.377 e. The fourth-order valence-electron chi connectivity index (χ4n) is 1.91. The predicted molar refractivity (Wildman–Crippen MR) is 50.5 cm³/mol. The van der Waals surface area contributed by atoms with Crippen LogP contribution in [-0.2, 0) is 4.74 Å². The Morgan fingerprint density at radius 1 is 1.25 bits per heavy atom. The normalized spacial score (nSPS) is 38.8. The molecule has 4 heteroatoms. The lowest BCUT2D eigenvalue weighted by Crippen LogP contribution is -2.05. The van der Waals surface area contributed by atoms with Crippen LogP contribution in [0.25, 0.3) is 0 Å². The van der Waals surface area contributed by atoms with Gasteiger partial charge in [0.15, 0.2) is 0 Å². The molecule has 68 valence electrons. The van der Waals surface area contributed by atoms with Crippen LogP contribution in [0.5, 0.6) is 0 Å². The average Bonchev–Trinajstić information content (AvgIpc) is 2.76. The van der Waals surface area contributed by atoms with Crippen molar-refractivity contribution >= 4 is 34.8 Å². The van der Waals surface area contributed by atoms with E-state index in [9.17, 15) is 0 Å². The predicted octanol–water partition coefficient (Wildman–Crippen LogP) is 3.30. The summed E-state index contributed by atoms with van der Waals surface area (Å²) < 4.78 is 5.69. The maximum absolute atomic E-state index is 5.92. The van der Waals surface area contributed by atoms with Crippen molar-refractivity contribution in [3.8, 4) is 0 Å². The molecular formula is C8H9Cl3O. The highest BCUT2D eigenvalue weighted by Crippen LogP contribution is 2.54. The van der Waals surface area contributed by atoms with E-state index in [-0.39, 0.29) is 10.4 Å². The molecule has 1 nitrogen and oxygen atoms in total. The van der Waals surface area contributed by atoms with Crippen LogP contribution in [-0.4, -0.2) is 12.7 Å². The summed E-state index contributed by atoms with van der Waals surface area (Å²) in [6.45, 7) is 0.849. The van der Waals surface area contributed by atoms with Gasteiger partial charge in [0.1, 0.15) is 4.49 Å². The van der Waals surface area contributed by atoms with Gasteiger partial charge in [-0.25, -0.2) is 0 Å². The Balaban J connectivity index is 2.05. The molecule has 2 rings (SSSR count). The molecule has 0 aromatic heterocycles. The summed E-state index contributed by atoms with van der Waals surface area (Å²) in [6, 6.07) is 0. The zero-order chi connectivity index (χ0) is 8.72. The van der Waals surface area contributed by atoms with Gasteiger partial charge in [-0.05, 0) is 18.8 Å². The van der Waals surface area contributed by atoms with Crippen molar-refractivity contribution in [3.63, 3.8) is 0 Å². The first kappa shape index (κ1) is 9.14. The van der Waals surface area contributed by atoms with E-state index in [0.717, 1.165) is 13.0 Å². The molecule has 1 saturated carbocycles. The Morgan fingerprint density at radius 3 is 2.50 bits per heavy atom. The maximum atomic E-state index is 5.92. The molecule has 0 aromatic rings. The molecule has 0 aromatic carbocycles. The molecule has 0 radical (unpaired) electrons. The topological polar surface area (TPSA) is 9.23 Å². The molecule has 1 saturated heterocycles. The SMILES string of the molecule is ClC(Cl)=C(Cl)[C@@H]1[C@H]2CCCO[C@H]21. The fourth-order valence-corrected chi connectivity index (χ4v) is 2.45. The molecule has 12 heavy (non-hydrogen) atoms. The molecule has 2 aliphatic rings. The van der Waals surface area contributed by atoms with E-state index in [1.165, 1.54) is 6.42 Å². The lowest BCUT2D eigenvalue weighted by Gasteiger charge is -2.07. The molecule has 3 atom stereocenters. The minimum atomic E-state index is 0.194. The van der Waals surface area contributed by atoms with Crippen LogP contribution >= 0.6 is 34.8 Å². The van der Waals surface area contributed by atoms with Crippen molar-refractivity contribution in [2.24, 2.45) is 11.8 Å². The van der Waals surface area contributed by atoms with E-state index < -0.39 is 0 Å². The van der Waals surface area contributed by atoms with Crippen molar-refractivity contribution in [2.45, 2.75) is 18.9 Å². The second kappa shape index (κ2) is 3.38. The molecule has 0 N–H and O–H groups in total. The molecule has 1 heterocycles. The molecule has 1 aliphatic heterocycles. The second-order valence-corrected chi connectivity index (χ2v) is 4.63. The minimum absolute atomic E-state index is 0.194. The summed E-state index contributed by atoms with van der Waals surface area (Å²) in [5.74, 6) is 0.845. The van der Waals surface area contributed by atoms with Gasteiger partial charge in [0.25, 0.3) is 0 Å². The standard InChI is InChI=1S/C8H9Cl3O/c9-6(8(10)11)5-4-2-1-3-12-7(4)5/h4-5,7H,1-3H2/t4-,5+,7-/m1/s1. The van der Waals surface area contributed by atoms with Gasteiger partial charge in [-0.2, -0.15) is 0 Å². The van der Waals surface area contributed by atoms with Crippen LogP contribution in [0, 0.1) is 11.8 Å².